The van der Waals surface area contributed by atoms with Crippen molar-refractivity contribution in [3.8, 4) is 23.0 Å². The summed E-state index contributed by atoms with van der Waals surface area (Å²) in [5, 5.41) is 0. The first-order chi connectivity index (χ1) is 13.2. The Hall–Kier alpha value is -1.92. The summed E-state index contributed by atoms with van der Waals surface area (Å²) in [4.78, 5) is 0. The van der Waals surface area contributed by atoms with E-state index in [-0.39, 0.29) is 17.0 Å². The Morgan fingerprint density at radius 2 is 1.86 bits per heavy atom. The van der Waals surface area contributed by atoms with E-state index in [1.54, 1.807) is 14.2 Å². The van der Waals surface area contributed by atoms with Gasteiger partial charge < -0.3 is 40.4 Å². The first-order valence-electron chi connectivity index (χ1n) is 9.70. The molecular weight excluding hydrogens is 422 g/mol. The highest BCUT2D eigenvalue weighted by molar-refractivity contribution is 5.54. The Balaban J connectivity index is 0.00000192. The quantitative estimate of drug-likeness (QED) is 0.646. The summed E-state index contributed by atoms with van der Waals surface area (Å²) in [5.74, 6) is 3.51. The third-order valence-electron chi connectivity index (χ3n) is 6.74. The number of rotatable bonds is 3. The highest BCUT2D eigenvalue weighted by atomic mass is 79.9. The molecule has 3 aliphatic rings. The molecule has 5 nitrogen and oxygen atoms in total. The molecule has 6 heteroatoms. The zero-order chi connectivity index (χ0) is 18.6. The average molecular weight is 448 g/mol. The van der Waals surface area contributed by atoms with Crippen LogP contribution in [0.4, 0.5) is 0 Å². The van der Waals surface area contributed by atoms with Crippen molar-refractivity contribution >= 4 is 0 Å². The standard InChI is InChI=1S/C22H26NO4.BrH/c1-4-23-8-7-15-10-20-21(27-13-26-20)11-16(15)18(23)9-14-5-6-19(24-2)22(25-3)17(14)12-23;/h5-6,10-11,18H,4,7-9,12-13H2,1-3H3;1H/q+1;/p-1. The molecule has 0 saturated carbocycles. The molecule has 2 aromatic carbocycles. The highest BCUT2D eigenvalue weighted by Gasteiger charge is 2.46. The zero-order valence-corrected chi connectivity index (χ0v) is 18.2. The van der Waals surface area contributed by atoms with Crippen molar-refractivity contribution in [3.05, 3.63) is 46.5 Å². The van der Waals surface area contributed by atoms with Gasteiger partial charge in [-0.2, -0.15) is 0 Å². The van der Waals surface area contributed by atoms with Crippen LogP contribution in [0.15, 0.2) is 24.3 Å². The van der Waals surface area contributed by atoms with Gasteiger partial charge in [0.15, 0.2) is 23.0 Å². The van der Waals surface area contributed by atoms with Crippen molar-refractivity contribution in [2.24, 2.45) is 0 Å². The summed E-state index contributed by atoms with van der Waals surface area (Å²) in [5.41, 5.74) is 5.51. The van der Waals surface area contributed by atoms with Crippen LogP contribution in [0.5, 0.6) is 23.0 Å². The number of hydrogen-bond acceptors (Lipinski definition) is 4. The summed E-state index contributed by atoms with van der Waals surface area (Å²) in [6, 6.07) is 9.12. The summed E-state index contributed by atoms with van der Waals surface area (Å²) in [6.45, 7) is 5.84. The maximum absolute atomic E-state index is 5.76. The second-order valence-corrected chi connectivity index (χ2v) is 7.73. The maximum Gasteiger partial charge on any atom is 0.231 e. The fraction of sp³-hybridized carbons (Fsp3) is 0.455. The number of hydrogen-bond donors (Lipinski definition) is 0. The van der Waals surface area contributed by atoms with Gasteiger partial charge in [-0.3, -0.25) is 0 Å². The third kappa shape index (κ3) is 2.69. The number of nitrogens with zero attached hydrogens (tertiary/aromatic N) is 1. The van der Waals surface area contributed by atoms with E-state index in [0.29, 0.717) is 12.8 Å². The lowest BCUT2D eigenvalue weighted by Gasteiger charge is -2.51. The van der Waals surface area contributed by atoms with E-state index in [0.717, 1.165) is 60.0 Å². The van der Waals surface area contributed by atoms with E-state index < -0.39 is 0 Å². The van der Waals surface area contributed by atoms with Gasteiger partial charge in [0, 0.05) is 18.4 Å². The first-order valence-corrected chi connectivity index (χ1v) is 9.70. The maximum atomic E-state index is 5.76. The molecule has 28 heavy (non-hydrogen) atoms. The van der Waals surface area contributed by atoms with Crippen molar-refractivity contribution in [2.75, 3.05) is 34.1 Å². The van der Waals surface area contributed by atoms with Gasteiger partial charge in [0.2, 0.25) is 6.79 Å². The van der Waals surface area contributed by atoms with Crippen LogP contribution in [-0.4, -0.2) is 38.6 Å². The number of quaternary nitrogens is 1. The minimum absolute atomic E-state index is 0. The molecular formula is C22H26BrNO4. The molecule has 0 bridgehead atoms. The van der Waals surface area contributed by atoms with Crippen molar-refractivity contribution in [2.45, 2.75) is 32.4 Å². The minimum Gasteiger partial charge on any atom is -1.00 e. The van der Waals surface area contributed by atoms with E-state index in [1.165, 1.54) is 22.3 Å². The Morgan fingerprint density at radius 1 is 1.07 bits per heavy atom. The minimum atomic E-state index is 0. The molecule has 5 rings (SSSR count). The van der Waals surface area contributed by atoms with Crippen molar-refractivity contribution in [3.63, 3.8) is 0 Å². The molecule has 0 N–H and O–H groups in total. The molecule has 0 fully saturated rings. The Morgan fingerprint density at radius 3 is 2.57 bits per heavy atom. The van der Waals surface area contributed by atoms with Gasteiger partial charge in [0.1, 0.15) is 12.6 Å². The van der Waals surface area contributed by atoms with Gasteiger partial charge in [-0.25, -0.2) is 0 Å². The zero-order valence-electron chi connectivity index (χ0n) is 16.6. The van der Waals surface area contributed by atoms with Crippen LogP contribution < -0.4 is 35.9 Å². The highest BCUT2D eigenvalue weighted by Crippen LogP contribution is 2.50. The van der Waals surface area contributed by atoms with Gasteiger partial charge in [-0.05, 0) is 36.2 Å². The third-order valence-corrected chi connectivity index (χ3v) is 6.74. The molecule has 0 aromatic heterocycles. The van der Waals surface area contributed by atoms with E-state index in [1.807, 2.05) is 6.07 Å². The number of halogens is 1. The number of ether oxygens (including phenoxy) is 4. The van der Waals surface area contributed by atoms with E-state index >= 15 is 0 Å². The second-order valence-electron chi connectivity index (χ2n) is 7.73. The van der Waals surface area contributed by atoms with Crippen molar-refractivity contribution < 1.29 is 40.4 Å². The van der Waals surface area contributed by atoms with Crippen LogP contribution in [0.25, 0.3) is 0 Å². The van der Waals surface area contributed by atoms with Gasteiger partial charge in [0.05, 0.1) is 32.9 Å². The summed E-state index contributed by atoms with van der Waals surface area (Å²) in [6.07, 6.45) is 2.08. The molecule has 3 aliphatic heterocycles. The smallest absolute Gasteiger partial charge is 0.231 e. The van der Waals surface area contributed by atoms with E-state index in [4.69, 9.17) is 18.9 Å². The van der Waals surface area contributed by atoms with Gasteiger partial charge in [-0.1, -0.05) is 6.07 Å². The van der Waals surface area contributed by atoms with Crippen LogP contribution >= 0.6 is 0 Å². The molecule has 2 unspecified atom stereocenters. The fourth-order valence-corrected chi connectivity index (χ4v) is 5.22. The van der Waals surface area contributed by atoms with Gasteiger partial charge in [-0.15, -0.1) is 0 Å². The SMILES string of the molecule is CC[N+]12CCc3cc4c(cc3C1Cc1ccc(OC)c(OC)c1C2)OCO4.[Br-]. The summed E-state index contributed by atoms with van der Waals surface area (Å²) < 4.78 is 23.7. The lowest BCUT2D eigenvalue weighted by molar-refractivity contribution is -0.972. The molecule has 2 atom stereocenters. The molecule has 3 heterocycles. The van der Waals surface area contributed by atoms with Crippen molar-refractivity contribution in [1.29, 1.82) is 0 Å². The number of fused-ring (bicyclic) bond motifs is 5. The predicted molar refractivity (Wildman–Crippen MR) is 102 cm³/mol. The molecule has 0 saturated heterocycles. The predicted octanol–water partition coefficient (Wildman–Crippen LogP) is 0.627. The van der Waals surface area contributed by atoms with E-state index in [2.05, 4.69) is 25.1 Å². The lowest BCUT2D eigenvalue weighted by atomic mass is 9.81. The summed E-state index contributed by atoms with van der Waals surface area (Å²) in [7, 11) is 3.45. The molecule has 0 amide bonds. The van der Waals surface area contributed by atoms with Crippen LogP contribution in [0.3, 0.4) is 0 Å². The Kier molecular flexibility index (Phi) is 4.96. The molecule has 0 spiro atoms. The van der Waals surface area contributed by atoms with Crippen LogP contribution in [0.1, 0.15) is 35.2 Å². The molecule has 0 radical (unpaired) electrons. The number of methoxy groups -OCH3 is 2. The fourth-order valence-electron chi connectivity index (χ4n) is 5.22. The second kappa shape index (κ2) is 7.16. The number of likely N-dealkylation sites (N-methyl/N-ethyl adjacent to an activating group) is 1. The monoisotopic (exact) mass is 447 g/mol. The summed E-state index contributed by atoms with van der Waals surface area (Å²) >= 11 is 0. The van der Waals surface area contributed by atoms with Crippen LogP contribution in [-0.2, 0) is 19.4 Å². The van der Waals surface area contributed by atoms with Crippen LogP contribution in [0.2, 0.25) is 0 Å². The Labute approximate surface area is 176 Å². The molecule has 2 aromatic rings. The van der Waals surface area contributed by atoms with Crippen molar-refractivity contribution in [1.82, 2.24) is 0 Å². The van der Waals surface area contributed by atoms with Crippen LogP contribution in [0, 0.1) is 0 Å². The largest absolute Gasteiger partial charge is 1.00 e. The normalized spacial score (nSPS) is 23.8. The van der Waals surface area contributed by atoms with E-state index in [9.17, 15) is 0 Å². The van der Waals surface area contributed by atoms with Gasteiger partial charge in [0.25, 0.3) is 0 Å². The Bertz CT molecular complexity index is 916. The molecule has 0 aliphatic carbocycles. The van der Waals surface area contributed by atoms with Gasteiger partial charge >= 0.3 is 0 Å². The number of benzene rings is 2. The molecule has 150 valence electrons. The average Bonchev–Trinajstić information content (AvgIpc) is 3.17. The lowest BCUT2D eigenvalue weighted by Crippen LogP contribution is -3.00. The first kappa shape index (κ1) is 19.4. The topological polar surface area (TPSA) is 36.9 Å².